The normalized spacial score (nSPS) is 10.2. The Morgan fingerprint density at radius 1 is 1.39 bits per heavy atom. The number of hydrogen-bond donors (Lipinski definition) is 2. The van der Waals surface area contributed by atoms with Crippen LogP contribution >= 0.6 is 43.2 Å². The Morgan fingerprint density at radius 2 is 2.11 bits per heavy atom. The molecule has 0 aromatic carbocycles. The van der Waals surface area contributed by atoms with Gasteiger partial charge in [-0.15, -0.1) is 11.3 Å². The van der Waals surface area contributed by atoms with Crippen LogP contribution in [0.15, 0.2) is 14.3 Å². The van der Waals surface area contributed by atoms with Crippen LogP contribution in [0, 0.1) is 0 Å². The highest BCUT2D eigenvalue weighted by atomic mass is 79.9. The van der Waals surface area contributed by atoms with Crippen LogP contribution in [-0.4, -0.2) is 38.6 Å². The second-order valence-corrected chi connectivity index (χ2v) is 6.48. The van der Waals surface area contributed by atoms with Gasteiger partial charge in [-0.05, 0) is 37.9 Å². The zero-order valence-corrected chi connectivity index (χ0v) is 13.6. The van der Waals surface area contributed by atoms with Crippen LogP contribution in [-0.2, 0) is 9.53 Å². The Balaban J connectivity index is 2.35. The molecule has 0 radical (unpaired) electrons. The second-order valence-electron chi connectivity index (χ2n) is 3.26. The fourth-order valence-corrected chi connectivity index (χ4v) is 3.01. The fraction of sp³-hybridized carbons (Fsp3) is 0.400. The Kier molecular flexibility index (Phi) is 6.83. The first-order valence-corrected chi connectivity index (χ1v) is 7.43. The molecule has 0 unspecified atom stereocenters. The summed E-state index contributed by atoms with van der Waals surface area (Å²) in [5.74, 6) is -0.511. The van der Waals surface area contributed by atoms with Gasteiger partial charge in [0, 0.05) is 18.1 Å². The molecule has 1 rings (SSSR count). The minimum Gasteiger partial charge on any atom is -0.383 e. The molecular formula is C10H12Br2N2O3S. The molecule has 1 aromatic heterocycles. The predicted octanol–water partition coefficient (Wildman–Crippen LogP) is 1.77. The summed E-state index contributed by atoms with van der Waals surface area (Å²) in [5.41, 5.74) is 0. The molecule has 0 bridgehead atoms. The highest BCUT2D eigenvalue weighted by molar-refractivity contribution is 9.13. The van der Waals surface area contributed by atoms with Gasteiger partial charge in [0.25, 0.3) is 5.91 Å². The first-order chi connectivity index (χ1) is 8.54. The van der Waals surface area contributed by atoms with E-state index in [9.17, 15) is 9.59 Å². The summed E-state index contributed by atoms with van der Waals surface area (Å²) in [6, 6.07) is 1.70. The van der Waals surface area contributed by atoms with Crippen LogP contribution in [0.25, 0.3) is 0 Å². The number of carbonyl (C=O) groups is 2. The minimum atomic E-state index is -0.270. The maximum atomic E-state index is 11.7. The molecule has 8 heteroatoms. The highest BCUT2D eigenvalue weighted by Gasteiger charge is 2.12. The molecule has 100 valence electrons. The van der Waals surface area contributed by atoms with Gasteiger partial charge < -0.3 is 15.4 Å². The summed E-state index contributed by atoms with van der Waals surface area (Å²) in [7, 11) is 1.56. The first kappa shape index (κ1) is 15.6. The fourth-order valence-electron chi connectivity index (χ4n) is 1.06. The van der Waals surface area contributed by atoms with Crippen molar-refractivity contribution in [3.05, 3.63) is 19.2 Å². The maximum Gasteiger partial charge on any atom is 0.261 e. The second kappa shape index (κ2) is 7.88. The molecule has 1 aromatic rings. The average Bonchev–Trinajstić information content (AvgIpc) is 2.67. The van der Waals surface area contributed by atoms with Crippen LogP contribution in [0.4, 0.5) is 0 Å². The van der Waals surface area contributed by atoms with Gasteiger partial charge >= 0.3 is 0 Å². The number of rotatable bonds is 6. The Labute approximate surface area is 126 Å². The highest BCUT2D eigenvalue weighted by Crippen LogP contribution is 2.32. The molecule has 0 aliphatic carbocycles. The number of thiophene rings is 1. The molecule has 0 fully saturated rings. The summed E-state index contributed by atoms with van der Waals surface area (Å²) in [5, 5.41) is 5.16. The van der Waals surface area contributed by atoms with Crippen molar-refractivity contribution in [1.82, 2.24) is 10.6 Å². The van der Waals surface area contributed by atoms with Crippen molar-refractivity contribution >= 4 is 55.0 Å². The summed E-state index contributed by atoms with van der Waals surface area (Å²) in [4.78, 5) is 23.6. The molecule has 0 aliphatic heterocycles. The SMILES string of the molecule is COCCNC(=O)CNC(=O)c1cc(Br)c(Br)s1. The maximum absolute atomic E-state index is 11.7. The molecule has 1 heterocycles. The number of ether oxygens (including phenoxy) is 1. The lowest BCUT2D eigenvalue weighted by Gasteiger charge is -2.05. The van der Waals surface area contributed by atoms with Gasteiger partial charge in [0.2, 0.25) is 5.91 Å². The molecule has 0 saturated carbocycles. The Bertz CT molecular complexity index is 417. The lowest BCUT2D eigenvalue weighted by atomic mass is 10.4. The van der Waals surface area contributed by atoms with Gasteiger partial charge in [0.1, 0.15) is 0 Å². The van der Waals surface area contributed by atoms with Crippen LogP contribution < -0.4 is 10.6 Å². The number of amides is 2. The number of halogens is 2. The minimum absolute atomic E-state index is 0.0459. The molecule has 18 heavy (non-hydrogen) atoms. The van der Waals surface area contributed by atoms with Crippen LogP contribution in [0.5, 0.6) is 0 Å². The quantitative estimate of drug-likeness (QED) is 0.716. The number of carbonyl (C=O) groups excluding carboxylic acids is 2. The van der Waals surface area contributed by atoms with Crippen molar-refractivity contribution in [2.75, 3.05) is 26.8 Å². The van der Waals surface area contributed by atoms with E-state index >= 15 is 0 Å². The van der Waals surface area contributed by atoms with E-state index in [4.69, 9.17) is 4.74 Å². The number of nitrogens with one attached hydrogen (secondary N) is 2. The van der Waals surface area contributed by atoms with E-state index in [0.29, 0.717) is 18.0 Å². The summed E-state index contributed by atoms with van der Waals surface area (Å²) < 4.78 is 6.46. The molecule has 2 amide bonds. The monoisotopic (exact) mass is 398 g/mol. The lowest BCUT2D eigenvalue weighted by molar-refractivity contribution is -0.120. The van der Waals surface area contributed by atoms with Crippen molar-refractivity contribution in [2.45, 2.75) is 0 Å². The van der Waals surface area contributed by atoms with E-state index in [1.807, 2.05) is 0 Å². The van der Waals surface area contributed by atoms with E-state index in [0.717, 1.165) is 8.26 Å². The van der Waals surface area contributed by atoms with E-state index in [1.54, 1.807) is 13.2 Å². The summed E-state index contributed by atoms with van der Waals surface area (Å²) in [6.45, 7) is 0.835. The molecule has 0 aliphatic rings. The van der Waals surface area contributed by atoms with Crippen molar-refractivity contribution in [3.8, 4) is 0 Å². The zero-order chi connectivity index (χ0) is 13.5. The van der Waals surface area contributed by atoms with Crippen LogP contribution in [0.1, 0.15) is 9.67 Å². The van der Waals surface area contributed by atoms with Gasteiger partial charge in [-0.2, -0.15) is 0 Å². The van der Waals surface area contributed by atoms with Crippen LogP contribution in [0.2, 0.25) is 0 Å². The molecule has 0 spiro atoms. The van der Waals surface area contributed by atoms with Gasteiger partial charge in [-0.25, -0.2) is 0 Å². The molecule has 0 atom stereocenters. The standard InChI is InChI=1S/C10H12Br2N2O3S/c1-17-3-2-13-8(15)5-14-10(16)7-4-6(11)9(12)18-7/h4H,2-3,5H2,1H3,(H,13,15)(H,14,16). The topological polar surface area (TPSA) is 67.4 Å². The van der Waals surface area contributed by atoms with E-state index < -0.39 is 0 Å². The van der Waals surface area contributed by atoms with E-state index in [2.05, 4.69) is 42.5 Å². The van der Waals surface area contributed by atoms with E-state index in [1.165, 1.54) is 11.3 Å². The van der Waals surface area contributed by atoms with E-state index in [-0.39, 0.29) is 18.4 Å². The largest absolute Gasteiger partial charge is 0.383 e. The third-order valence-corrected chi connectivity index (χ3v) is 5.16. The van der Waals surface area contributed by atoms with Crippen molar-refractivity contribution in [2.24, 2.45) is 0 Å². The van der Waals surface area contributed by atoms with Crippen LogP contribution in [0.3, 0.4) is 0 Å². The summed E-state index contributed by atoms with van der Waals surface area (Å²) in [6.07, 6.45) is 0. The summed E-state index contributed by atoms with van der Waals surface area (Å²) >= 11 is 7.90. The van der Waals surface area contributed by atoms with Gasteiger partial charge in [0.15, 0.2) is 0 Å². The lowest BCUT2D eigenvalue weighted by Crippen LogP contribution is -2.37. The Morgan fingerprint density at radius 3 is 2.67 bits per heavy atom. The predicted molar refractivity (Wildman–Crippen MR) is 76.9 cm³/mol. The van der Waals surface area contributed by atoms with Crippen molar-refractivity contribution in [3.63, 3.8) is 0 Å². The third-order valence-electron chi connectivity index (χ3n) is 1.91. The van der Waals surface area contributed by atoms with Gasteiger partial charge in [-0.3, -0.25) is 9.59 Å². The molecular weight excluding hydrogens is 388 g/mol. The van der Waals surface area contributed by atoms with Crippen molar-refractivity contribution < 1.29 is 14.3 Å². The van der Waals surface area contributed by atoms with Gasteiger partial charge in [0.05, 0.1) is 21.8 Å². The number of hydrogen-bond acceptors (Lipinski definition) is 4. The smallest absolute Gasteiger partial charge is 0.261 e. The molecule has 0 saturated heterocycles. The average molecular weight is 400 g/mol. The first-order valence-electron chi connectivity index (χ1n) is 5.03. The van der Waals surface area contributed by atoms with Crippen molar-refractivity contribution in [1.29, 1.82) is 0 Å². The molecule has 5 nitrogen and oxygen atoms in total. The third kappa shape index (κ3) is 5.05. The number of methoxy groups -OCH3 is 1. The van der Waals surface area contributed by atoms with Gasteiger partial charge in [-0.1, -0.05) is 0 Å². The zero-order valence-electron chi connectivity index (χ0n) is 9.59. The molecule has 2 N–H and O–H groups in total. The Hall–Kier alpha value is -0.440.